The Hall–Kier alpha value is -0.860. The fourth-order valence-electron chi connectivity index (χ4n) is 4.75. The molecule has 19 heavy (non-hydrogen) atoms. The zero-order valence-electron chi connectivity index (χ0n) is 11.7. The van der Waals surface area contributed by atoms with Gasteiger partial charge in [-0.25, -0.2) is 0 Å². The van der Waals surface area contributed by atoms with Gasteiger partial charge in [-0.2, -0.15) is 0 Å². The second-order valence-corrected chi connectivity index (χ2v) is 6.98. The van der Waals surface area contributed by atoms with Crippen LogP contribution in [-0.4, -0.2) is 18.4 Å². The van der Waals surface area contributed by atoms with E-state index in [2.05, 4.69) is 0 Å². The summed E-state index contributed by atoms with van der Waals surface area (Å²) in [5.74, 6) is 2.84. The van der Waals surface area contributed by atoms with Crippen LogP contribution in [0.1, 0.15) is 51.9 Å². The number of hydrogen-bond donors (Lipinski definition) is 0. The Kier molecular flexibility index (Phi) is 3.64. The number of carbonyl (C=O) groups excluding carboxylic acids is 2. The second-order valence-electron chi connectivity index (χ2n) is 6.98. The fraction of sp³-hybridized carbons (Fsp3) is 0.875. The van der Waals surface area contributed by atoms with Crippen LogP contribution in [0.25, 0.3) is 0 Å². The minimum Gasteiger partial charge on any atom is -0.462 e. The number of carbonyl (C=O) groups is 2. The Morgan fingerprint density at radius 2 is 1.74 bits per heavy atom. The van der Waals surface area contributed by atoms with Crippen molar-refractivity contribution in [1.29, 1.82) is 0 Å². The molecular formula is C16H24O3. The van der Waals surface area contributed by atoms with Gasteiger partial charge < -0.3 is 9.53 Å². The lowest BCUT2D eigenvalue weighted by Crippen LogP contribution is -2.50. The molecule has 0 heterocycles. The van der Waals surface area contributed by atoms with Crippen LogP contribution in [0.2, 0.25) is 0 Å². The lowest BCUT2D eigenvalue weighted by Gasteiger charge is -2.53. The first-order valence-electron chi connectivity index (χ1n) is 7.81. The predicted molar refractivity (Wildman–Crippen MR) is 71.4 cm³/mol. The van der Waals surface area contributed by atoms with Crippen molar-refractivity contribution >= 4 is 12.3 Å². The van der Waals surface area contributed by atoms with Gasteiger partial charge in [0.15, 0.2) is 0 Å². The van der Waals surface area contributed by atoms with Crippen LogP contribution in [0.15, 0.2) is 0 Å². The van der Waals surface area contributed by atoms with Gasteiger partial charge in [-0.1, -0.05) is 6.92 Å². The summed E-state index contributed by atoms with van der Waals surface area (Å²) in [6, 6.07) is 0. The van der Waals surface area contributed by atoms with E-state index in [0.717, 1.165) is 18.1 Å². The van der Waals surface area contributed by atoms with Gasteiger partial charge in [0.1, 0.15) is 12.4 Å². The molecule has 4 saturated carbocycles. The molecule has 0 aromatic carbocycles. The van der Waals surface area contributed by atoms with Crippen molar-refractivity contribution in [3.05, 3.63) is 0 Å². The lowest BCUT2D eigenvalue weighted by atomic mass is 9.55. The fourth-order valence-corrected chi connectivity index (χ4v) is 4.75. The zero-order valence-corrected chi connectivity index (χ0v) is 11.7. The maximum Gasteiger partial charge on any atom is 0.308 e. The summed E-state index contributed by atoms with van der Waals surface area (Å²) < 4.78 is 5.83. The van der Waals surface area contributed by atoms with Crippen molar-refractivity contribution in [1.82, 2.24) is 0 Å². The van der Waals surface area contributed by atoms with E-state index in [1.807, 2.05) is 6.92 Å². The van der Waals surface area contributed by atoms with Crippen molar-refractivity contribution in [2.24, 2.45) is 29.6 Å². The third-order valence-electron chi connectivity index (χ3n) is 5.51. The van der Waals surface area contributed by atoms with Gasteiger partial charge in [-0.05, 0) is 62.2 Å². The van der Waals surface area contributed by atoms with E-state index >= 15 is 0 Å². The summed E-state index contributed by atoms with van der Waals surface area (Å²) in [5, 5.41) is 0. The standard InChI is InChI=1S/C16H24O3/c1-10(3-2-4-17)16(18)19-15-13-6-11-5-12(8-13)9-14(15)7-11/h4,10-15H,2-3,5-9H2,1H3. The van der Waals surface area contributed by atoms with E-state index < -0.39 is 0 Å². The number of hydrogen-bond acceptors (Lipinski definition) is 3. The predicted octanol–water partition coefficient (Wildman–Crippen LogP) is 2.97. The van der Waals surface area contributed by atoms with E-state index in [1.54, 1.807) is 0 Å². The summed E-state index contributed by atoms with van der Waals surface area (Å²) in [6.45, 7) is 1.88. The molecule has 0 radical (unpaired) electrons. The molecule has 0 saturated heterocycles. The molecular weight excluding hydrogens is 240 g/mol. The summed E-state index contributed by atoms with van der Waals surface area (Å²) >= 11 is 0. The molecule has 0 N–H and O–H groups in total. The first-order valence-corrected chi connectivity index (χ1v) is 7.81. The van der Waals surface area contributed by atoms with E-state index in [4.69, 9.17) is 4.74 Å². The number of ether oxygens (including phenoxy) is 1. The lowest BCUT2D eigenvalue weighted by molar-refractivity contribution is -0.175. The van der Waals surface area contributed by atoms with E-state index in [9.17, 15) is 9.59 Å². The van der Waals surface area contributed by atoms with Gasteiger partial charge >= 0.3 is 5.97 Å². The minimum atomic E-state index is -0.137. The molecule has 1 atom stereocenters. The van der Waals surface area contributed by atoms with E-state index in [-0.39, 0.29) is 18.0 Å². The maximum absolute atomic E-state index is 12.1. The summed E-state index contributed by atoms with van der Waals surface area (Å²) in [6.07, 6.45) is 8.64. The highest BCUT2D eigenvalue weighted by Crippen LogP contribution is 2.54. The first kappa shape index (κ1) is 13.1. The van der Waals surface area contributed by atoms with Crippen molar-refractivity contribution < 1.29 is 14.3 Å². The van der Waals surface area contributed by atoms with Gasteiger partial charge in [0.25, 0.3) is 0 Å². The van der Waals surface area contributed by atoms with E-state index in [1.165, 1.54) is 32.1 Å². The normalized spacial score (nSPS) is 41.0. The maximum atomic E-state index is 12.1. The van der Waals surface area contributed by atoms with Crippen LogP contribution in [-0.2, 0) is 14.3 Å². The van der Waals surface area contributed by atoms with Crippen LogP contribution < -0.4 is 0 Å². The summed E-state index contributed by atoms with van der Waals surface area (Å²) in [5.41, 5.74) is 0. The van der Waals surface area contributed by atoms with Crippen LogP contribution in [0, 0.1) is 29.6 Å². The Bertz CT molecular complexity index is 335. The third kappa shape index (κ3) is 2.56. The molecule has 4 aliphatic carbocycles. The SMILES string of the molecule is CC(CCC=O)C(=O)OC1C2CC3CC(C2)CC1C3. The highest BCUT2D eigenvalue weighted by Gasteiger charge is 2.50. The van der Waals surface area contributed by atoms with E-state index in [0.29, 0.717) is 24.7 Å². The Labute approximate surface area is 115 Å². The van der Waals surface area contributed by atoms with Crippen molar-refractivity contribution in [2.45, 2.75) is 58.0 Å². The monoisotopic (exact) mass is 264 g/mol. The molecule has 106 valence electrons. The largest absolute Gasteiger partial charge is 0.462 e. The van der Waals surface area contributed by atoms with Crippen LogP contribution in [0.4, 0.5) is 0 Å². The molecule has 0 aromatic rings. The van der Waals surface area contributed by atoms with Gasteiger partial charge in [0, 0.05) is 6.42 Å². The minimum absolute atomic E-state index is 0.0840. The number of rotatable bonds is 5. The van der Waals surface area contributed by atoms with Gasteiger partial charge in [0.05, 0.1) is 5.92 Å². The molecule has 0 aromatic heterocycles. The van der Waals surface area contributed by atoms with Gasteiger partial charge in [-0.3, -0.25) is 4.79 Å². The van der Waals surface area contributed by atoms with Crippen LogP contribution in [0.3, 0.4) is 0 Å². The van der Waals surface area contributed by atoms with Crippen molar-refractivity contribution in [2.75, 3.05) is 0 Å². The molecule has 0 spiro atoms. The number of aldehydes is 1. The molecule has 4 fully saturated rings. The summed E-state index contributed by atoms with van der Waals surface area (Å²) in [7, 11) is 0. The van der Waals surface area contributed by atoms with Gasteiger partial charge in [0.2, 0.25) is 0 Å². The average Bonchev–Trinajstić information content (AvgIpc) is 2.39. The second kappa shape index (κ2) is 5.26. The van der Waals surface area contributed by atoms with Crippen molar-refractivity contribution in [3.63, 3.8) is 0 Å². The smallest absolute Gasteiger partial charge is 0.308 e. The zero-order chi connectivity index (χ0) is 13.4. The molecule has 0 aliphatic heterocycles. The van der Waals surface area contributed by atoms with Crippen molar-refractivity contribution in [3.8, 4) is 0 Å². The molecule has 4 bridgehead atoms. The van der Waals surface area contributed by atoms with Gasteiger partial charge in [-0.15, -0.1) is 0 Å². The molecule has 1 unspecified atom stereocenters. The first-order chi connectivity index (χ1) is 9.17. The topological polar surface area (TPSA) is 43.4 Å². The molecule has 3 nitrogen and oxygen atoms in total. The molecule has 0 amide bonds. The Morgan fingerprint density at radius 1 is 1.16 bits per heavy atom. The molecule has 3 heteroatoms. The number of esters is 1. The molecule has 4 rings (SSSR count). The quantitative estimate of drug-likeness (QED) is 0.566. The highest BCUT2D eigenvalue weighted by atomic mass is 16.5. The average molecular weight is 264 g/mol. The Morgan fingerprint density at radius 3 is 2.26 bits per heavy atom. The summed E-state index contributed by atoms with van der Waals surface area (Å²) in [4.78, 5) is 22.5. The third-order valence-corrected chi connectivity index (χ3v) is 5.51. The Balaban J connectivity index is 1.58. The highest BCUT2D eigenvalue weighted by molar-refractivity contribution is 5.72. The van der Waals surface area contributed by atoms with Crippen LogP contribution in [0.5, 0.6) is 0 Å². The van der Waals surface area contributed by atoms with Crippen LogP contribution >= 0.6 is 0 Å². The molecule has 4 aliphatic rings.